The van der Waals surface area contributed by atoms with Gasteiger partial charge in [0, 0.05) is 12.3 Å². The lowest BCUT2D eigenvalue weighted by Gasteiger charge is -2.25. The number of hydrogen-bond acceptors (Lipinski definition) is 5. The maximum absolute atomic E-state index is 12.0. The number of carbonyl (C=O) groups is 1. The van der Waals surface area contributed by atoms with Crippen molar-refractivity contribution in [3.8, 4) is 17.6 Å². The van der Waals surface area contributed by atoms with E-state index in [1.54, 1.807) is 7.11 Å². The Labute approximate surface area is 163 Å². The SMILES string of the molecule is COc1cc([C@@H]2CC(=O)NC(SC)=C2C#N)ccc1OCc1ccccc1. The first-order valence-corrected chi connectivity index (χ1v) is 9.71. The molecule has 1 atom stereocenters. The van der Waals surface area contributed by atoms with Crippen LogP contribution in [0.25, 0.3) is 0 Å². The summed E-state index contributed by atoms with van der Waals surface area (Å²) in [6.07, 6.45) is 2.08. The average molecular weight is 380 g/mol. The third kappa shape index (κ3) is 4.26. The molecule has 5 nitrogen and oxygen atoms in total. The predicted molar refractivity (Wildman–Crippen MR) is 105 cm³/mol. The van der Waals surface area contributed by atoms with Gasteiger partial charge in [-0.05, 0) is 29.5 Å². The van der Waals surface area contributed by atoms with Crippen LogP contribution in [-0.2, 0) is 11.4 Å². The van der Waals surface area contributed by atoms with Crippen LogP contribution < -0.4 is 14.8 Å². The number of nitrogens with one attached hydrogen (secondary N) is 1. The highest BCUT2D eigenvalue weighted by Crippen LogP contribution is 2.39. The van der Waals surface area contributed by atoms with Crippen molar-refractivity contribution in [3.63, 3.8) is 0 Å². The molecule has 27 heavy (non-hydrogen) atoms. The lowest BCUT2D eigenvalue weighted by Crippen LogP contribution is -2.30. The van der Waals surface area contributed by atoms with E-state index in [2.05, 4.69) is 11.4 Å². The Balaban J connectivity index is 1.87. The molecule has 2 aromatic carbocycles. The number of rotatable bonds is 6. The molecule has 0 fully saturated rings. The minimum atomic E-state index is -0.289. The first-order valence-electron chi connectivity index (χ1n) is 8.49. The number of hydrogen-bond donors (Lipinski definition) is 1. The monoisotopic (exact) mass is 380 g/mol. The summed E-state index contributed by atoms with van der Waals surface area (Å²) in [5.41, 5.74) is 2.49. The van der Waals surface area contributed by atoms with Crippen LogP contribution in [0.2, 0.25) is 0 Å². The highest BCUT2D eigenvalue weighted by Gasteiger charge is 2.29. The predicted octanol–water partition coefficient (Wildman–Crippen LogP) is 3.98. The summed E-state index contributed by atoms with van der Waals surface area (Å²) in [6, 6.07) is 17.7. The zero-order valence-electron chi connectivity index (χ0n) is 15.2. The molecule has 1 aliphatic heterocycles. The van der Waals surface area contributed by atoms with Crippen molar-refractivity contribution in [1.29, 1.82) is 5.26 Å². The molecule has 6 heteroatoms. The van der Waals surface area contributed by atoms with Crippen molar-refractivity contribution in [2.45, 2.75) is 18.9 Å². The van der Waals surface area contributed by atoms with Crippen LogP contribution in [0.4, 0.5) is 0 Å². The maximum Gasteiger partial charge on any atom is 0.225 e. The van der Waals surface area contributed by atoms with Gasteiger partial charge in [-0.25, -0.2) is 0 Å². The highest BCUT2D eigenvalue weighted by atomic mass is 32.2. The normalized spacial score (nSPS) is 16.5. The van der Waals surface area contributed by atoms with Gasteiger partial charge in [-0.2, -0.15) is 5.26 Å². The summed E-state index contributed by atoms with van der Waals surface area (Å²) < 4.78 is 11.4. The van der Waals surface area contributed by atoms with Crippen molar-refractivity contribution >= 4 is 17.7 Å². The van der Waals surface area contributed by atoms with Crippen molar-refractivity contribution in [2.24, 2.45) is 0 Å². The Morgan fingerprint density at radius 3 is 2.67 bits per heavy atom. The topological polar surface area (TPSA) is 71.3 Å². The molecule has 2 aromatic rings. The fourth-order valence-electron chi connectivity index (χ4n) is 3.02. The molecule has 1 heterocycles. The molecule has 0 bridgehead atoms. The van der Waals surface area contributed by atoms with Gasteiger partial charge < -0.3 is 14.8 Å². The van der Waals surface area contributed by atoms with Gasteiger partial charge >= 0.3 is 0 Å². The molecule has 0 aromatic heterocycles. The number of nitriles is 1. The van der Waals surface area contributed by atoms with E-state index >= 15 is 0 Å². The van der Waals surface area contributed by atoms with E-state index in [1.165, 1.54) is 11.8 Å². The van der Waals surface area contributed by atoms with Crippen molar-refractivity contribution in [2.75, 3.05) is 13.4 Å². The van der Waals surface area contributed by atoms with Gasteiger partial charge in [0.25, 0.3) is 0 Å². The third-order valence-electron chi connectivity index (χ3n) is 4.39. The minimum absolute atomic E-state index is 0.0910. The molecule has 0 saturated carbocycles. The van der Waals surface area contributed by atoms with E-state index < -0.39 is 0 Å². The molecule has 0 unspecified atom stereocenters. The van der Waals surface area contributed by atoms with Crippen LogP contribution in [0.1, 0.15) is 23.5 Å². The number of ether oxygens (including phenoxy) is 2. The molecule has 0 aliphatic carbocycles. The second-order valence-electron chi connectivity index (χ2n) is 6.05. The van der Waals surface area contributed by atoms with Crippen LogP contribution in [0.5, 0.6) is 11.5 Å². The van der Waals surface area contributed by atoms with Crippen molar-refractivity contribution in [3.05, 3.63) is 70.3 Å². The van der Waals surface area contributed by atoms with Gasteiger partial charge in [0.05, 0.1) is 23.8 Å². The molecule has 0 radical (unpaired) electrons. The Bertz CT molecular complexity index is 903. The summed E-state index contributed by atoms with van der Waals surface area (Å²) in [4.78, 5) is 12.0. The summed E-state index contributed by atoms with van der Waals surface area (Å²) in [7, 11) is 1.58. The van der Waals surface area contributed by atoms with Crippen LogP contribution in [0, 0.1) is 11.3 Å². The largest absolute Gasteiger partial charge is 0.493 e. The van der Waals surface area contributed by atoms with Gasteiger partial charge in [0.1, 0.15) is 6.61 Å². The Morgan fingerprint density at radius 1 is 1.22 bits per heavy atom. The summed E-state index contributed by atoms with van der Waals surface area (Å²) >= 11 is 1.37. The molecule has 0 saturated heterocycles. The summed E-state index contributed by atoms with van der Waals surface area (Å²) in [5, 5.41) is 13.0. The second kappa shape index (κ2) is 8.65. The summed E-state index contributed by atoms with van der Waals surface area (Å²) in [6.45, 7) is 0.433. The van der Waals surface area contributed by atoms with Crippen LogP contribution in [-0.4, -0.2) is 19.3 Å². The number of carbonyl (C=O) groups excluding carboxylic acids is 1. The van der Waals surface area contributed by atoms with Gasteiger partial charge in [-0.3, -0.25) is 4.79 Å². The molecular weight excluding hydrogens is 360 g/mol. The van der Waals surface area contributed by atoms with Gasteiger partial charge in [-0.1, -0.05) is 36.4 Å². The van der Waals surface area contributed by atoms with Gasteiger partial charge in [0.15, 0.2) is 11.5 Å². The molecule has 1 N–H and O–H groups in total. The molecule has 1 amide bonds. The smallest absolute Gasteiger partial charge is 0.225 e. The fraction of sp³-hybridized carbons (Fsp3) is 0.238. The quantitative estimate of drug-likeness (QED) is 0.821. The van der Waals surface area contributed by atoms with Gasteiger partial charge in [-0.15, -0.1) is 11.8 Å². The van der Waals surface area contributed by atoms with E-state index in [9.17, 15) is 10.1 Å². The molecular formula is C21H20N2O3S. The number of amides is 1. The zero-order valence-corrected chi connectivity index (χ0v) is 16.0. The number of methoxy groups -OCH3 is 1. The van der Waals surface area contributed by atoms with Crippen molar-refractivity contribution in [1.82, 2.24) is 5.32 Å². The first-order chi connectivity index (χ1) is 13.2. The van der Waals surface area contributed by atoms with E-state index in [0.717, 1.165) is 11.1 Å². The number of allylic oxidation sites excluding steroid dienone is 1. The number of nitrogens with zero attached hydrogens (tertiary/aromatic N) is 1. The van der Waals surface area contributed by atoms with E-state index in [1.807, 2.05) is 54.8 Å². The molecule has 1 aliphatic rings. The fourth-order valence-corrected chi connectivity index (χ4v) is 3.64. The lowest BCUT2D eigenvalue weighted by atomic mass is 9.87. The average Bonchev–Trinajstić information content (AvgIpc) is 2.72. The van der Waals surface area contributed by atoms with Gasteiger partial charge in [0.2, 0.25) is 5.91 Å². The van der Waals surface area contributed by atoms with E-state index in [-0.39, 0.29) is 18.2 Å². The van der Waals surface area contributed by atoms with E-state index in [4.69, 9.17) is 9.47 Å². The molecule has 3 rings (SSSR count). The standard InChI is InChI=1S/C21H20N2O3S/c1-25-19-10-15(16-11-20(24)23-21(27-2)17(16)12-22)8-9-18(19)26-13-14-6-4-3-5-7-14/h3-10,16H,11,13H2,1-2H3,(H,23,24)/t16-/m0/s1. The first kappa shape index (κ1) is 18.9. The Kier molecular flexibility index (Phi) is 6.05. The Morgan fingerprint density at radius 2 is 2.00 bits per heavy atom. The zero-order chi connectivity index (χ0) is 19.2. The minimum Gasteiger partial charge on any atom is -0.493 e. The molecule has 138 valence electrons. The number of thioether (sulfide) groups is 1. The summed E-state index contributed by atoms with van der Waals surface area (Å²) in [5.74, 6) is 0.824. The van der Waals surface area contributed by atoms with E-state index in [0.29, 0.717) is 28.7 Å². The van der Waals surface area contributed by atoms with Crippen LogP contribution in [0.15, 0.2) is 59.1 Å². The van der Waals surface area contributed by atoms with Crippen LogP contribution in [0.3, 0.4) is 0 Å². The van der Waals surface area contributed by atoms with Crippen molar-refractivity contribution < 1.29 is 14.3 Å². The lowest BCUT2D eigenvalue weighted by molar-refractivity contribution is -0.120. The maximum atomic E-state index is 12.0. The third-order valence-corrected chi connectivity index (χ3v) is 5.12. The highest BCUT2D eigenvalue weighted by molar-refractivity contribution is 8.02. The Hall–Kier alpha value is -2.91. The van der Waals surface area contributed by atoms with Crippen LogP contribution >= 0.6 is 11.8 Å². The second-order valence-corrected chi connectivity index (χ2v) is 6.86. The number of benzene rings is 2. The molecule has 0 spiro atoms.